The van der Waals surface area contributed by atoms with Gasteiger partial charge in [0.2, 0.25) is 5.78 Å². The van der Waals surface area contributed by atoms with Crippen LogP contribution in [0.2, 0.25) is 0 Å². The van der Waals surface area contributed by atoms with E-state index < -0.39 is 5.82 Å². The number of anilines is 1. The Hall–Kier alpha value is -2.58. The molecule has 3 rings (SSSR count). The van der Waals surface area contributed by atoms with Gasteiger partial charge in [-0.25, -0.2) is 9.37 Å². The SMILES string of the molecule is O=C(NCCCNc1ncc(C(=O)c2ccccc2F)s1)c1cccs1. The summed E-state index contributed by atoms with van der Waals surface area (Å²) in [6, 6.07) is 9.51. The standard InChI is InChI=1S/C18H16FN3O2S2/c19-13-6-2-1-5-12(13)16(23)15-11-22-18(26-15)21-9-4-8-20-17(24)14-7-3-10-25-14/h1-3,5-7,10-11H,4,8-9H2,(H,20,24)(H,21,22). The first-order chi connectivity index (χ1) is 12.6. The van der Waals surface area contributed by atoms with Gasteiger partial charge in [0.15, 0.2) is 5.13 Å². The van der Waals surface area contributed by atoms with E-state index in [9.17, 15) is 14.0 Å². The van der Waals surface area contributed by atoms with Gasteiger partial charge in [-0.05, 0) is 30.0 Å². The maximum absolute atomic E-state index is 13.7. The summed E-state index contributed by atoms with van der Waals surface area (Å²) in [6.45, 7) is 1.14. The van der Waals surface area contributed by atoms with Crippen LogP contribution in [0.1, 0.15) is 31.3 Å². The number of nitrogens with zero attached hydrogens (tertiary/aromatic N) is 1. The van der Waals surface area contributed by atoms with Crippen molar-refractivity contribution in [1.82, 2.24) is 10.3 Å². The van der Waals surface area contributed by atoms with Gasteiger partial charge in [0.25, 0.3) is 5.91 Å². The van der Waals surface area contributed by atoms with Crippen molar-refractivity contribution in [2.75, 3.05) is 18.4 Å². The number of thiophene rings is 1. The molecule has 0 aliphatic rings. The third-order valence-corrected chi connectivity index (χ3v) is 5.33. The van der Waals surface area contributed by atoms with Crippen molar-refractivity contribution >= 4 is 39.5 Å². The van der Waals surface area contributed by atoms with E-state index in [0.717, 1.165) is 0 Å². The van der Waals surface area contributed by atoms with Gasteiger partial charge in [0.05, 0.1) is 21.5 Å². The second kappa shape index (κ2) is 8.68. The summed E-state index contributed by atoms with van der Waals surface area (Å²) in [5.41, 5.74) is 0.0407. The number of thiazole rings is 1. The number of halogens is 1. The van der Waals surface area contributed by atoms with Crippen molar-refractivity contribution < 1.29 is 14.0 Å². The van der Waals surface area contributed by atoms with Crippen LogP contribution >= 0.6 is 22.7 Å². The van der Waals surface area contributed by atoms with Crippen LogP contribution in [0, 0.1) is 5.82 Å². The number of amides is 1. The van der Waals surface area contributed by atoms with Crippen LogP contribution in [0.25, 0.3) is 0 Å². The first-order valence-electron chi connectivity index (χ1n) is 7.96. The Kier molecular flexibility index (Phi) is 6.08. The lowest BCUT2D eigenvalue weighted by Crippen LogP contribution is -2.25. The topological polar surface area (TPSA) is 71.1 Å². The minimum absolute atomic E-state index is 0.0407. The molecule has 2 heterocycles. The molecule has 2 N–H and O–H groups in total. The number of nitrogens with one attached hydrogen (secondary N) is 2. The maximum Gasteiger partial charge on any atom is 0.261 e. The van der Waals surface area contributed by atoms with Gasteiger partial charge in [0, 0.05) is 13.1 Å². The van der Waals surface area contributed by atoms with Gasteiger partial charge in [-0.1, -0.05) is 29.5 Å². The number of carbonyl (C=O) groups excluding carboxylic acids is 2. The average molecular weight is 389 g/mol. The molecule has 0 bridgehead atoms. The highest BCUT2D eigenvalue weighted by Gasteiger charge is 2.16. The largest absolute Gasteiger partial charge is 0.361 e. The fraction of sp³-hybridized carbons (Fsp3) is 0.167. The average Bonchev–Trinajstić information content (AvgIpc) is 3.33. The van der Waals surface area contributed by atoms with E-state index in [-0.39, 0.29) is 17.3 Å². The fourth-order valence-corrected chi connectivity index (χ4v) is 3.66. The summed E-state index contributed by atoms with van der Waals surface area (Å²) in [5, 5.41) is 8.40. The van der Waals surface area contributed by atoms with E-state index in [1.807, 2.05) is 11.4 Å². The van der Waals surface area contributed by atoms with Gasteiger partial charge in [-0.15, -0.1) is 11.3 Å². The molecule has 0 radical (unpaired) electrons. The summed E-state index contributed by atoms with van der Waals surface area (Å²) in [4.78, 5) is 29.3. The Bertz CT molecular complexity index is 893. The lowest BCUT2D eigenvalue weighted by molar-refractivity contribution is 0.0956. The van der Waals surface area contributed by atoms with E-state index in [4.69, 9.17) is 0 Å². The first kappa shape index (κ1) is 18.2. The number of carbonyl (C=O) groups is 2. The Morgan fingerprint density at radius 1 is 1.08 bits per heavy atom. The molecule has 0 fully saturated rings. The van der Waals surface area contributed by atoms with E-state index in [2.05, 4.69) is 15.6 Å². The maximum atomic E-state index is 13.7. The molecule has 134 valence electrons. The summed E-state index contributed by atoms with van der Waals surface area (Å²) in [7, 11) is 0. The molecule has 0 saturated carbocycles. The summed E-state index contributed by atoms with van der Waals surface area (Å²) >= 11 is 2.58. The Morgan fingerprint density at radius 2 is 1.92 bits per heavy atom. The molecule has 0 unspecified atom stereocenters. The molecule has 8 heteroatoms. The number of rotatable bonds is 8. The van der Waals surface area contributed by atoms with Crippen molar-refractivity contribution in [3.05, 3.63) is 69.1 Å². The Labute approximate surface area is 157 Å². The summed E-state index contributed by atoms with van der Waals surface area (Å²) < 4.78 is 13.7. The van der Waals surface area contributed by atoms with Gasteiger partial charge in [0.1, 0.15) is 5.82 Å². The molecule has 2 aromatic heterocycles. The predicted molar refractivity (Wildman–Crippen MR) is 102 cm³/mol. The predicted octanol–water partition coefficient (Wildman–Crippen LogP) is 3.81. The normalized spacial score (nSPS) is 10.5. The highest BCUT2D eigenvalue weighted by molar-refractivity contribution is 7.17. The molecule has 5 nitrogen and oxygen atoms in total. The molecular formula is C18H16FN3O2S2. The number of hydrogen-bond acceptors (Lipinski definition) is 6. The zero-order chi connectivity index (χ0) is 18.4. The van der Waals surface area contributed by atoms with Gasteiger partial charge < -0.3 is 10.6 Å². The molecule has 0 spiro atoms. The number of aromatic nitrogens is 1. The van der Waals surface area contributed by atoms with Crippen LogP contribution in [0.3, 0.4) is 0 Å². The van der Waals surface area contributed by atoms with Crippen molar-refractivity contribution in [1.29, 1.82) is 0 Å². The zero-order valence-corrected chi connectivity index (χ0v) is 15.3. The highest BCUT2D eigenvalue weighted by Crippen LogP contribution is 2.22. The van der Waals surface area contributed by atoms with Crippen LogP contribution in [-0.4, -0.2) is 29.8 Å². The van der Waals surface area contributed by atoms with Crippen LogP contribution in [0.15, 0.2) is 48.0 Å². The molecule has 1 amide bonds. The van der Waals surface area contributed by atoms with E-state index in [1.165, 1.54) is 41.0 Å². The molecule has 26 heavy (non-hydrogen) atoms. The van der Waals surface area contributed by atoms with E-state index >= 15 is 0 Å². The Balaban J connectivity index is 1.45. The summed E-state index contributed by atoms with van der Waals surface area (Å²) in [6.07, 6.45) is 2.16. The monoisotopic (exact) mass is 389 g/mol. The lowest BCUT2D eigenvalue weighted by atomic mass is 10.1. The van der Waals surface area contributed by atoms with Crippen molar-refractivity contribution in [3.8, 4) is 0 Å². The first-order valence-corrected chi connectivity index (χ1v) is 9.65. The van der Waals surface area contributed by atoms with Crippen LogP contribution < -0.4 is 10.6 Å². The van der Waals surface area contributed by atoms with Gasteiger partial charge in [-0.3, -0.25) is 9.59 Å². The summed E-state index contributed by atoms with van der Waals surface area (Å²) in [5.74, 6) is -0.995. The molecular weight excluding hydrogens is 373 g/mol. The zero-order valence-electron chi connectivity index (χ0n) is 13.7. The number of hydrogen-bond donors (Lipinski definition) is 2. The second-order valence-electron chi connectivity index (χ2n) is 5.35. The third kappa shape index (κ3) is 4.53. The van der Waals surface area contributed by atoms with Crippen molar-refractivity contribution in [2.45, 2.75) is 6.42 Å². The van der Waals surface area contributed by atoms with Crippen LogP contribution in [0.4, 0.5) is 9.52 Å². The smallest absolute Gasteiger partial charge is 0.261 e. The minimum atomic E-state index is -0.540. The highest BCUT2D eigenvalue weighted by atomic mass is 32.1. The van der Waals surface area contributed by atoms with Crippen LogP contribution in [-0.2, 0) is 0 Å². The van der Waals surface area contributed by atoms with Gasteiger partial charge in [-0.2, -0.15) is 0 Å². The van der Waals surface area contributed by atoms with E-state index in [0.29, 0.717) is 34.4 Å². The quantitative estimate of drug-likeness (QED) is 0.454. The van der Waals surface area contributed by atoms with Crippen molar-refractivity contribution in [2.24, 2.45) is 0 Å². The van der Waals surface area contributed by atoms with E-state index in [1.54, 1.807) is 18.2 Å². The molecule has 0 atom stereocenters. The lowest BCUT2D eigenvalue weighted by Gasteiger charge is -2.04. The third-order valence-electron chi connectivity index (χ3n) is 3.51. The number of benzene rings is 1. The molecule has 0 aliphatic carbocycles. The van der Waals surface area contributed by atoms with Crippen LogP contribution in [0.5, 0.6) is 0 Å². The molecule has 0 aliphatic heterocycles. The number of ketones is 1. The fourth-order valence-electron chi connectivity index (χ4n) is 2.22. The molecule has 3 aromatic rings. The molecule has 1 aromatic carbocycles. The van der Waals surface area contributed by atoms with Gasteiger partial charge >= 0.3 is 0 Å². The Morgan fingerprint density at radius 3 is 2.69 bits per heavy atom. The second-order valence-corrected chi connectivity index (χ2v) is 7.33. The molecule has 0 saturated heterocycles. The minimum Gasteiger partial charge on any atom is -0.361 e. The van der Waals surface area contributed by atoms with Crippen molar-refractivity contribution in [3.63, 3.8) is 0 Å².